The molecular weight excluding hydrogens is 269 g/mol. The van der Waals surface area contributed by atoms with Crippen LogP contribution >= 0.6 is 0 Å². The monoisotopic (exact) mass is 288 g/mol. The second-order valence-electron chi connectivity index (χ2n) is 4.97. The molecule has 1 aromatic carbocycles. The molecule has 20 heavy (non-hydrogen) atoms. The van der Waals surface area contributed by atoms with Crippen molar-refractivity contribution in [1.82, 2.24) is 0 Å². The first-order valence-corrected chi connectivity index (χ1v) is 6.95. The zero-order valence-corrected chi connectivity index (χ0v) is 11.3. The van der Waals surface area contributed by atoms with Crippen LogP contribution < -0.4 is 0 Å². The van der Waals surface area contributed by atoms with Crippen molar-refractivity contribution in [2.24, 2.45) is 0 Å². The fraction of sp³-hybridized carbons (Fsp3) is 0.600. The summed E-state index contributed by atoms with van der Waals surface area (Å²) in [4.78, 5) is 0. The third kappa shape index (κ3) is 4.80. The zero-order chi connectivity index (χ0) is 14.4. The summed E-state index contributed by atoms with van der Waals surface area (Å²) in [6.07, 6.45) is -0.0445. The van der Waals surface area contributed by atoms with Crippen molar-refractivity contribution in [3.63, 3.8) is 0 Å². The van der Waals surface area contributed by atoms with Crippen LogP contribution in [0.25, 0.3) is 0 Å². The average Bonchev–Trinajstić information content (AvgIpc) is 2.44. The van der Waals surface area contributed by atoms with Gasteiger partial charge in [-0.25, -0.2) is 0 Å². The van der Waals surface area contributed by atoms with Gasteiger partial charge in [0, 0.05) is 6.61 Å². The summed E-state index contributed by atoms with van der Waals surface area (Å²) >= 11 is 0. The maximum Gasteiger partial charge on any atom is 0.416 e. The van der Waals surface area contributed by atoms with Crippen LogP contribution in [0.15, 0.2) is 24.3 Å². The van der Waals surface area contributed by atoms with Crippen LogP contribution in [-0.2, 0) is 22.1 Å². The average molecular weight is 288 g/mol. The van der Waals surface area contributed by atoms with E-state index in [1.165, 1.54) is 12.1 Å². The summed E-state index contributed by atoms with van der Waals surface area (Å²) in [7, 11) is 0. The van der Waals surface area contributed by atoms with E-state index < -0.39 is 11.7 Å². The highest BCUT2D eigenvalue weighted by atomic mass is 19.4. The molecule has 0 radical (unpaired) electrons. The highest BCUT2D eigenvalue weighted by Gasteiger charge is 2.30. The first kappa shape index (κ1) is 15.3. The molecule has 1 fully saturated rings. The van der Waals surface area contributed by atoms with Gasteiger partial charge in [0.05, 0.1) is 12.2 Å². The van der Waals surface area contributed by atoms with Gasteiger partial charge in [0.1, 0.15) is 0 Å². The topological polar surface area (TPSA) is 18.5 Å². The van der Waals surface area contributed by atoms with E-state index in [-0.39, 0.29) is 6.29 Å². The molecule has 0 spiro atoms. The van der Waals surface area contributed by atoms with Crippen molar-refractivity contribution in [1.29, 1.82) is 0 Å². The number of rotatable bonds is 5. The number of hydrogen-bond acceptors (Lipinski definition) is 2. The van der Waals surface area contributed by atoms with E-state index >= 15 is 0 Å². The second-order valence-corrected chi connectivity index (χ2v) is 4.97. The van der Waals surface area contributed by atoms with Crippen LogP contribution in [0.4, 0.5) is 13.2 Å². The first-order valence-electron chi connectivity index (χ1n) is 6.95. The Morgan fingerprint density at radius 3 is 2.80 bits per heavy atom. The molecule has 0 aliphatic carbocycles. The van der Waals surface area contributed by atoms with Gasteiger partial charge in [0.2, 0.25) is 0 Å². The molecule has 0 amide bonds. The lowest BCUT2D eigenvalue weighted by Gasteiger charge is -2.22. The molecule has 0 bridgehead atoms. The smallest absolute Gasteiger partial charge is 0.353 e. The van der Waals surface area contributed by atoms with Crippen molar-refractivity contribution < 1.29 is 22.6 Å². The number of halogens is 3. The van der Waals surface area contributed by atoms with Crippen molar-refractivity contribution in [3.05, 3.63) is 35.4 Å². The lowest BCUT2D eigenvalue weighted by molar-refractivity contribution is -0.162. The van der Waals surface area contributed by atoms with E-state index in [2.05, 4.69) is 0 Å². The van der Waals surface area contributed by atoms with E-state index in [1.807, 2.05) is 0 Å². The summed E-state index contributed by atoms with van der Waals surface area (Å²) in [5.74, 6) is 0. The van der Waals surface area contributed by atoms with Crippen LogP contribution in [0.5, 0.6) is 0 Å². The highest BCUT2D eigenvalue weighted by Crippen LogP contribution is 2.29. The number of benzene rings is 1. The minimum absolute atomic E-state index is 0.134. The Labute approximate surface area is 116 Å². The third-order valence-electron chi connectivity index (χ3n) is 3.31. The summed E-state index contributed by atoms with van der Waals surface area (Å²) < 4.78 is 48.7. The van der Waals surface area contributed by atoms with Crippen molar-refractivity contribution >= 4 is 0 Å². The normalized spacial score (nSPS) is 20.1. The summed E-state index contributed by atoms with van der Waals surface area (Å²) in [5.41, 5.74) is 0.0968. The molecule has 1 unspecified atom stereocenters. The van der Waals surface area contributed by atoms with E-state index in [1.54, 1.807) is 6.07 Å². The number of hydrogen-bond donors (Lipinski definition) is 0. The predicted octanol–water partition coefficient (Wildman–Crippen LogP) is 4.18. The predicted molar refractivity (Wildman–Crippen MR) is 69.3 cm³/mol. The molecular formula is C15H19F3O2. The highest BCUT2D eigenvalue weighted by molar-refractivity contribution is 5.25. The molecule has 0 N–H and O–H groups in total. The number of ether oxygens (including phenoxy) is 2. The van der Waals surface area contributed by atoms with Gasteiger partial charge in [-0.3, -0.25) is 0 Å². The Kier molecular flexibility index (Phi) is 5.43. The quantitative estimate of drug-likeness (QED) is 0.757. The molecule has 1 aliphatic rings. The maximum absolute atomic E-state index is 12.6. The molecule has 1 atom stereocenters. The Bertz CT molecular complexity index is 412. The molecule has 0 aromatic heterocycles. The van der Waals surface area contributed by atoms with E-state index in [0.29, 0.717) is 25.0 Å². The van der Waals surface area contributed by atoms with Gasteiger partial charge < -0.3 is 9.47 Å². The minimum atomic E-state index is -4.28. The SMILES string of the molecule is FC(F)(F)c1cccc(CCCOC2CCCCO2)c1. The van der Waals surface area contributed by atoms with Gasteiger partial charge in [-0.15, -0.1) is 0 Å². The fourth-order valence-electron chi connectivity index (χ4n) is 2.24. The summed E-state index contributed by atoms with van der Waals surface area (Å²) in [6.45, 7) is 1.25. The van der Waals surface area contributed by atoms with Gasteiger partial charge in [-0.1, -0.05) is 18.2 Å². The van der Waals surface area contributed by atoms with Crippen LogP contribution in [0.1, 0.15) is 36.8 Å². The van der Waals surface area contributed by atoms with Gasteiger partial charge in [-0.05, 0) is 43.7 Å². The second kappa shape index (κ2) is 7.09. The molecule has 2 rings (SSSR count). The molecule has 2 nitrogen and oxygen atoms in total. The molecule has 1 aliphatic heterocycles. The van der Waals surface area contributed by atoms with E-state index in [9.17, 15) is 13.2 Å². The van der Waals surface area contributed by atoms with Gasteiger partial charge >= 0.3 is 6.18 Å². The Morgan fingerprint density at radius 1 is 1.25 bits per heavy atom. The van der Waals surface area contributed by atoms with E-state index in [0.717, 1.165) is 31.9 Å². The van der Waals surface area contributed by atoms with Crippen molar-refractivity contribution in [2.45, 2.75) is 44.6 Å². The third-order valence-corrected chi connectivity index (χ3v) is 3.31. The van der Waals surface area contributed by atoms with Crippen LogP contribution in [-0.4, -0.2) is 19.5 Å². The molecule has 1 aromatic rings. The fourth-order valence-corrected chi connectivity index (χ4v) is 2.24. The zero-order valence-electron chi connectivity index (χ0n) is 11.3. The molecule has 1 heterocycles. The maximum atomic E-state index is 12.6. The minimum Gasteiger partial charge on any atom is -0.353 e. The van der Waals surface area contributed by atoms with E-state index in [4.69, 9.17) is 9.47 Å². The van der Waals surface area contributed by atoms with Gasteiger partial charge in [0.15, 0.2) is 6.29 Å². The van der Waals surface area contributed by atoms with Gasteiger partial charge in [-0.2, -0.15) is 13.2 Å². The summed E-state index contributed by atoms with van der Waals surface area (Å²) in [5, 5.41) is 0. The Hall–Kier alpha value is -1.07. The van der Waals surface area contributed by atoms with Crippen LogP contribution in [0, 0.1) is 0 Å². The first-order chi connectivity index (χ1) is 9.55. The standard InChI is InChI=1S/C15H19F3O2/c16-15(17,18)13-7-3-5-12(11-13)6-4-10-20-14-8-1-2-9-19-14/h3,5,7,11,14H,1-2,4,6,8-10H2. The summed E-state index contributed by atoms with van der Waals surface area (Å²) in [6, 6.07) is 5.46. The number of alkyl halides is 3. The lowest BCUT2D eigenvalue weighted by Crippen LogP contribution is -2.22. The molecule has 112 valence electrons. The van der Waals surface area contributed by atoms with Crippen molar-refractivity contribution in [2.75, 3.05) is 13.2 Å². The Balaban J connectivity index is 1.73. The van der Waals surface area contributed by atoms with Crippen molar-refractivity contribution in [3.8, 4) is 0 Å². The van der Waals surface area contributed by atoms with Crippen LogP contribution in [0.2, 0.25) is 0 Å². The van der Waals surface area contributed by atoms with Crippen LogP contribution in [0.3, 0.4) is 0 Å². The molecule has 5 heteroatoms. The molecule has 1 saturated heterocycles. The van der Waals surface area contributed by atoms with Gasteiger partial charge in [0.25, 0.3) is 0 Å². The Morgan fingerprint density at radius 2 is 2.10 bits per heavy atom. The largest absolute Gasteiger partial charge is 0.416 e. The number of aryl methyl sites for hydroxylation is 1. The lowest BCUT2D eigenvalue weighted by atomic mass is 10.1. The molecule has 0 saturated carbocycles.